The first-order valence-electron chi connectivity index (χ1n) is 21.2. The van der Waals surface area contributed by atoms with E-state index in [0.717, 1.165) is 11.4 Å². The third kappa shape index (κ3) is 6.38. The number of hydrogen-bond donors (Lipinski definition) is 0. The molecule has 0 unspecified atom stereocenters. The fraction of sp³-hybridized carbons (Fsp3) is 0.0690. The standard InChI is InChI=1S/C58H45N3/c1-38-29-39(2)32-49(31-38)59(50-33-40(3)30-41(4)34-50)48-24-19-42(20-25-48)43-21-26-57-53(35-43)54-37-45(23-28-58(54)61(57)47-15-9-6-10-16-47)44-22-27-56-52(36-44)51-17-11-12-18-55(51)60(56)46-13-7-5-8-14-46/h5-37H,1-4H3. The Hall–Kier alpha value is -7.62. The van der Waals surface area contributed by atoms with E-state index in [0.29, 0.717) is 0 Å². The molecular weight excluding hydrogens is 739 g/mol. The minimum Gasteiger partial charge on any atom is -0.310 e. The molecule has 0 saturated heterocycles. The third-order valence-electron chi connectivity index (χ3n) is 12.2. The van der Waals surface area contributed by atoms with E-state index in [1.165, 1.54) is 105 Å². The van der Waals surface area contributed by atoms with Gasteiger partial charge in [-0.15, -0.1) is 0 Å². The van der Waals surface area contributed by atoms with Crippen LogP contribution in [-0.2, 0) is 0 Å². The van der Waals surface area contributed by atoms with Crippen LogP contribution in [0.25, 0.3) is 77.2 Å². The number of para-hydroxylation sites is 3. The number of anilines is 3. The summed E-state index contributed by atoms with van der Waals surface area (Å²) in [6.45, 7) is 8.71. The van der Waals surface area contributed by atoms with Crippen LogP contribution >= 0.6 is 0 Å². The summed E-state index contributed by atoms with van der Waals surface area (Å²) in [6.07, 6.45) is 0. The normalized spacial score (nSPS) is 11.6. The monoisotopic (exact) mass is 783 g/mol. The molecule has 0 spiro atoms. The second-order valence-electron chi connectivity index (χ2n) is 16.6. The SMILES string of the molecule is Cc1cc(C)cc(N(c2ccc(-c3ccc4c(c3)c3cc(-c5ccc6c(c5)c5ccccc5n6-c5ccccc5)ccc3n4-c3ccccc3)cc2)c2cc(C)cc(C)c2)c1. The van der Waals surface area contributed by atoms with Crippen molar-refractivity contribution in [1.29, 1.82) is 0 Å². The lowest BCUT2D eigenvalue weighted by molar-refractivity contribution is 1.18. The van der Waals surface area contributed by atoms with Gasteiger partial charge in [-0.05, 0) is 175 Å². The Morgan fingerprint density at radius 3 is 1.10 bits per heavy atom. The van der Waals surface area contributed by atoms with Gasteiger partial charge in [0, 0.05) is 50.0 Å². The van der Waals surface area contributed by atoms with Crippen molar-refractivity contribution >= 4 is 60.7 Å². The summed E-state index contributed by atoms with van der Waals surface area (Å²) in [7, 11) is 0. The lowest BCUT2D eigenvalue weighted by atomic mass is 9.99. The van der Waals surface area contributed by atoms with Crippen molar-refractivity contribution in [3.05, 3.63) is 222 Å². The maximum Gasteiger partial charge on any atom is 0.0541 e. The zero-order valence-electron chi connectivity index (χ0n) is 34.9. The molecule has 0 amide bonds. The molecule has 2 aromatic heterocycles. The minimum absolute atomic E-state index is 1.13. The van der Waals surface area contributed by atoms with E-state index in [4.69, 9.17) is 0 Å². The van der Waals surface area contributed by atoms with Crippen LogP contribution in [0.2, 0.25) is 0 Å². The molecule has 0 aliphatic carbocycles. The molecule has 0 bridgehead atoms. The van der Waals surface area contributed by atoms with Gasteiger partial charge < -0.3 is 14.0 Å². The summed E-state index contributed by atoms with van der Waals surface area (Å²) in [6, 6.07) is 73.8. The number of hydrogen-bond acceptors (Lipinski definition) is 1. The molecule has 0 aliphatic rings. The van der Waals surface area contributed by atoms with Crippen LogP contribution in [0.3, 0.4) is 0 Å². The number of rotatable bonds is 7. The fourth-order valence-corrected chi connectivity index (χ4v) is 9.66. The van der Waals surface area contributed by atoms with Crippen molar-refractivity contribution < 1.29 is 0 Å². The van der Waals surface area contributed by atoms with Crippen LogP contribution in [0.5, 0.6) is 0 Å². The molecule has 11 rings (SSSR count). The van der Waals surface area contributed by atoms with Crippen molar-refractivity contribution in [3.8, 4) is 33.6 Å². The van der Waals surface area contributed by atoms with Gasteiger partial charge in [-0.25, -0.2) is 0 Å². The number of benzene rings is 9. The summed E-state index contributed by atoms with van der Waals surface area (Å²) < 4.78 is 4.79. The molecule has 0 fully saturated rings. The van der Waals surface area contributed by atoms with E-state index < -0.39 is 0 Å². The first-order chi connectivity index (χ1) is 29.9. The van der Waals surface area contributed by atoms with Gasteiger partial charge in [-0.2, -0.15) is 0 Å². The Morgan fingerprint density at radius 2 is 0.639 bits per heavy atom. The highest BCUT2D eigenvalue weighted by molar-refractivity contribution is 6.13. The van der Waals surface area contributed by atoms with Gasteiger partial charge in [0.05, 0.1) is 22.1 Å². The van der Waals surface area contributed by atoms with E-state index in [2.05, 4.69) is 242 Å². The van der Waals surface area contributed by atoms with Crippen molar-refractivity contribution in [3.63, 3.8) is 0 Å². The molecule has 9 aromatic carbocycles. The highest BCUT2D eigenvalue weighted by Gasteiger charge is 2.18. The van der Waals surface area contributed by atoms with Gasteiger partial charge in [-0.3, -0.25) is 0 Å². The summed E-state index contributed by atoms with van der Waals surface area (Å²) >= 11 is 0. The van der Waals surface area contributed by atoms with Gasteiger partial charge in [0.15, 0.2) is 0 Å². The fourth-order valence-electron chi connectivity index (χ4n) is 9.66. The van der Waals surface area contributed by atoms with E-state index in [1.54, 1.807) is 0 Å². The molecule has 0 radical (unpaired) electrons. The number of aryl methyl sites for hydroxylation is 4. The van der Waals surface area contributed by atoms with Crippen LogP contribution in [0, 0.1) is 27.7 Å². The maximum absolute atomic E-state index is 2.41. The van der Waals surface area contributed by atoms with Gasteiger partial charge in [0.25, 0.3) is 0 Å². The second kappa shape index (κ2) is 14.6. The summed E-state index contributed by atoms with van der Waals surface area (Å²) in [5, 5.41) is 4.98. The second-order valence-corrected chi connectivity index (χ2v) is 16.6. The highest BCUT2D eigenvalue weighted by Crippen LogP contribution is 2.41. The van der Waals surface area contributed by atoms with Gasteiger partial charge in [0.2, 0.25) is 0 Å². The smallest absolute Gasteiger partial charge is 0.0541 e. The van der Waals surface area contributed by atoms with E-state index in [1.807, 2.05) is 0 Å². The Bertz CT molecular complexity index is 3350. The van der Waals surface area contributed by atoms with E-state index in [9.17, 15) is 0 Å². The zero-order chi connectivity index (χ0) is 41.2. The first-order valence-corrected chi connectivity index (χ1v) is 21.2. The molecule has 0 saturated carbocycles. The average Bonchev–Trinajstić information content (AvgIpc) is 3.78. The molecule has 2 heterocycles. The molecule has 61 heavy (non-hydrogen) atoms. The van der Waals surface area contributed by atoms with Crippen LogP contribution < -0.4 is 4.90 Å². The Labute approximate surface area is 357 Å². The summed E-state index contributed by atoms with van der Waals surface area (Å²) in [4.78, 5) is 2.39. The number of aromatic nitrogens is 2. The largest absolute Gasteiger partial charge is 0.310 e. The van der Waals surface area contributed by atoms with Gasteiger partial charge in [0.1, 0.15) is 0 Å². The van der Waals surface area contributed by atoms with Crippen molar-refractivity contribution in [2.45, 2.75) is 27.7 Å². The molecule has 0 aliphatic heterocycles. The first kappa shape index (κ1) is 36.5. The Kier molecular flexibility index (Phi) is 8.72. The summed E-state index contributed by atoms with van der Waals surface area (Å²) in [5.41, 5.74) is 20.4. The van der Waals surface area contributed by atoms with Gasteiger partial charge in [-0.1, -0.05) is 97.1 Å². The predicted molar refractivity (Wildman–Crippen MR) is 260 cm³/mol. The van der Waals surface area contributed by atoms with Crippen LogP contribution in [0.4, 0.5) is 17.1 Å². The van der Waals surface area contributed by atoms with Crippen LogP contribution in [0.1, 0.15) is 22.3 Å². The predicted octanol–water partition coefficient (Wildman–Crippen LogP) is 15.9. The van der Waals surface area contributed by atoms with Crippen molar-refractivity contribution in [2.24, 2.45) is 0 Å². The quantitative estimate of drug-likeness (QED) is 0.157. The van der Waals surface area contributed by atoms with Crippen LogP contribution in [0.15, 0.2) is 200 Å². The third-order valence-corrected chi connectivity index (χ3v) is 12.2. The topological polar surface area (TPSA) is 13.1 Å². The average molecular weight is 784 g/mol. The van der Waals surface area contributed by atoms with Gasteiger partial charge >= 0.3 is 0 Å². The Balaban J connectivity index is 1.04. The van der Waals surface area contributed by atoms with E-state index in [-0.39, 0.29) is 0 Å². The molecule has 0 atom stereocenters. The molecule has 11 aromatic rings. The summed E-state index contributed by atoms with van der Waals surface area (Å²) in [5.74, 6) is 0. The number of fused-ring (bicyclic) bond motifs is 6. The molecule has 292 valence electrons. The number of nitrogens with zero attached hydrogens (tertiary/aromatic N) is 3. The maximum atomic E-state index is 2.41. The van der Waals surface area contributed by atoms with Crippen LogP contribution in [-0.4, -0.2) is 9.13 Å². The lowest BCUT2D eigenvalue weighted by Gasteiger charge is -2.27. The molecule has 3 nitrogen and oxygen atoms in total. The Morgan fingerprint density at radius 1 is 0.279 bits per heavy atom. The molecule has 3 heteroatoms. The minimum atomic E-state index is 1.13. The highest BCUT2D eigenvalue weighted by atomic mass is 15.1. The van der Waals surface area contributed by atoms with E-state index >= 15 is 0 Å². The molecular formula is C58H45N3. The van der Waals surface area contributed by atoms with Crippen molar-refractivity contribution in [2.75, 3.05) is 4.90 Å². The lowest BCUT2D eigenvalue weighted by Crippen LogP contribution is -2.11. The zero-order valence-corrected chi connectivity index (χ0v) is 34.9. The molecule has 0 N–H and O–H groups in total. The van der Waals surface area contributed by atoms with Crippen molar-refractivity contribution in [1.82, 2.24) is 9.13 Å².